The number of hydrogen-bond donors (Lipinski definition) is 1. The number of carboxylic acids is 1. The van der Waals surface area contributed by atoms with Crippen LogP contribution in [0.5, 0.6) is 0 Å². The third-order valence-corrected chi connectivity index (χ3v) is 3.52. The van der Waals surface area contributed by atoms with Crippen molar-refractivity contribution in [1.29, 1.82) is 0 Å². The summed E-state index contributed by atoms with van der Waals surface area (Å²) in [4.78, 5) is 14.8. The van der Waals surface area contributed by atoms with E-state index in [-0.39, 0.29) is 11.8 Å². The highest BCUT2D eigenvalue weighted by atomic mass is 16.5. The van der Waals surface area contributed by atoms with Gasteiger partial charge in [-0.25, -0.2) is 0 Å². The number of hydrogen-bond acceptors (Lipinski definition) is 4. The Bertz CT molecular complexity index is 394. The fourth-order valence-electron chi connectivity index (χ4n) is 2.37. The standard InChI is InChI=1S/C12H18N2O3/c1-12(7-3-2-4-8-12)11-13-9(17-14-11)5-6-10(15)16/h2-8H2,1H3,(H,15,16). The molecule has 1 N–H and O–H groups in total. The lowest BCUT2D eigenvalue weighted by molar-refractivity contribution is -0.137. The molecular formula is C12H18N2O3. The Morgan fingerprint density at radius 1 is 1.41 bits per heavy atom. The maximum atomic E-state index is 10.5. The van der Waals surface area contributed by atoms with E-state index in [1.165, 1.54) is 19.3 Å². The first-order chi connectivity index (χ1) is 8.10. The fourth-order valence-corrected chi connectivity index (χ4v) is 2.37. The summed E-state index contributed by atoms with van der Waals surface area (Å²) in [7, 11) is 0. The zero-order valence-electron chi connectivity index (χ0n) is 10.1. The van der Waals surface area contributed by atoms with E-state index in [9.17, 15) is 4.79 Å². The fraction of sp³-hybridized carbons (Fsp3) is 0.750. The molecule has 0 amide bonds. The summed E-state index contributed by atoms with van der Waals surface area (Å²) in [6, 6.07) is 0. The molecular weight excluding hydrogens is 220 g/mol. The predicted octanol–water partition coefficient (Wildman–Crippen LogP) is 2.31. The van der Waals surface area contributed by atoms with Gasteiger partial charge < -0.3 is 9.63 Å². The minimum Gasteiger partial charge on any atom is -0.481 e. The van der Waals surface area contributed by atoms with Gasteiger partial charge in [-0.1, -0.05) is 31.3 Å². The molecule has 0 bridgehead atoms. The SMILES string of the molecule is CC1(c2noc(CCC(=O)O)n2)CCCCC1. The Labute approximate surface area is 100 Å². The molecule has 0 saturated heterocycles. The maximum Gasteiger partial charge on any atom is 0.303 e. The zero-order valence-corrected chi connectivity index (χ0v) is 10.1. The molecule has 1 aliphatic rings. The number of aryl methyl sites for hydroxylation is 1. The van der Waals surface area contributed by atoms with Crippen LogP contribution in [0.15, 0.2) is 4.52 Å². The van der Waals surface area contributed by atoms with Crippen LogP contribution in [0.2, 0.25) is 0 Å². The normalized spacial score (nSPS) is 19.1. The van der Waals surface area contributed by atoms with Crippen molar-refractivity contribution in [1.82, 2.24) is 10.1 Å². The van der Waals surface area contributed by atoms with Crippen LogP contribution in [0, 0.1) is 0 Å². The van der Waals surface area contributed by atoms with Crippen LogP contribution in [-0.2, 0) is 16.6 Å². The smallest absolute Gasteiger partial charge is 0.303 e. The van der Waals surface area contributed by atoms with Crippen LogP contribution in [0.4, 0.5) is 0 Å². The number of nitrogens with zero attached hydrogens (tertiary/aromatic N) is 2. The summed E-state index contributed by atoms with van der Waals surface area (Å²) in [5.74, 6) is 0.348. The molecule has 0 atom stereocenters. The van der Waals surface area contributed by atoms with Crippen LogP contribution < -0.4 is 0 Å². The number of carbonyl (C=O) groups is 1. The molecule has 17 heavy (non-hydrogen) atoms. The predicted molar refractivity (Wildman–Crippen MR) is 60.7 cm³/mol. The number of aliphatic carboxylic acids is 1. The van der Waals surface area contributed by atoms with Crippen molar-refractivity contribution in [3.05, 3.63) is 11.7 Å². The molecule has 0 radical (unpaired) electrons. The molecule has 94 valence electrons. The van der Waals surface area contributed by atoms with E-state index in [4.69, 9.17) is 9.63 Å². The lowest BCUT2D eigenvalue weighted by atomic mass is 9.75. The molecule has 0 unspecified atom stereocenters. The van der Waals surface area contributed by atoms with Gasteiger partial charge in [0.05, 0.1) is 6.42 Å². The first-order valence-corrected chi connectivity index (χ1v) is 6.15. The lowest BCUT2D eigenvalue weighted by Gasteiger charge is -2.29. The van der Waals surface area contributed by atoms with Gasteiger partial charge in [0, 0.05) is 11.8 Å². The Kier molecular flexibility index (Phi) is 3.45. The number of aromatic nitrogens is 2. The van der Waals surface area contributed by atoms with Crippen LogP contribution in [0.1, 0.15) is 57.2 Å². The van der Waals surface area contributed by atoms with E-state index >= 15 is 0 Å². The Morgan fingerprint density at radius 2 is 2.12 bits per heavy atom. The first kappa shape index (κ1) is 12.1. The Hall–Kier alpha value is -1.39. The van der Waals surface area contributed by atoms with E-state index in [0.717, 1.165) is 18.7 Å². The van der Waals surface area contributed by atoms with Gasteiger partial charge in [0.15, 0.2) is 5.82 Å². The van der Waals surface area contributed by atoms with Crippen molar-refractivity contribution in [2.45, 2.75) is 57.3 Å². The van der Waals surface area contributed by atoms with Gasteiger partial charge in [-0.2, -0.15) is 4.98 Å². The highest BCUT2D eigenvalue weighted by molar-refractivity contribution is 5.66. The van der Waals surface area contributed by atoms with Gasteiger partial charge in [-0.15, -0.1) is 0 Å². The molecule has 1 heterocycles. The summed E-state index contributed by atoms with van der Waals surface area (Å²) in [6.45, 7) is 2.16. The largest absolute Gasteiger partial charge is 0.481 e. The summed E-state index contributed by atoms with van der Waals surface area (Å²) in [5.41, 5.74) is 0.0171. The van der Waals surface area contributed by atoms with Crippen LogP contribution >= 0.6 is 0 Å². The van der Waals surface area contributed by atoms with E-state index in [2.05, 4.69) is 17.1 Å². The van der Waals surface area contributed by atoms with Gasteiger partial charge in [0.25, 0.3) is 0 Å². The maximum absolute atomic E-state index is 10.5. The Morgan fingerprint density at radius 3 is 2.76 bits per heavy atom. The lowest BCUT2D eigenvalue weighted by Crippen LogP contribution is -2.26. The number of rotatable bonds is 4. The van der Waals surface area contributed by atoms with Crippen LogP contribution in [-0.4, -0.2) is 21.2 Å². The summed E-state index contributed by atoms with van der Waals surface area (Å²) < 4.78 is 5.11. The van der Waals surface area contributed by atoms with Gasteiger partial charge in [-0.05, 0) is 12.8 Å². The van der Waals surface area contributed by atoms with Crippen LogP contribution in [0.25, 0.3) is 0 Å². The van der Waals surface area contributed by atoms with E-state index in [0.29, 0.717) is 12.3 Å². The van der Waals surface area contributed by atoms with Crippen LogP contribution in [0.3, 0.4) is 0 Å². The van der Waals surface area contributed by atoms with Crippen molar-refractivity contribution in [3.63, 3.8) is 0 Å². The van der Waals surface area contributed by atoms with Crippen molar-refractivity contribution in [2.75, 3.05) is 0 Å². The van der Waals surface area contributed by atoms with Crippen molar-refractivity contribution < 1.29 is 14.4 Å². The van der Waals surface area contributed by atoms with Crippen molar-refractivity contribution in [2.24, 2.45) is 0 Å². The summed E-state index contributed by atoms with van der Waals surface area (Å²) >= 11 is 0. The van der Waals surface area contributed by atoms with Gasteiger partial charge in [0.1, 0.15) is 0 Å². The molecule has 1 saturated carbocycles. The third-order valence-electron chi connectivity index (χ3n) is 3.52. The molecule has 0 aliphatic heterocycles. The monoisotopic (exact) mass is 238 g/mol. The zero-order chi connectivity index (χ0) is 12.3. The van der Waals surface area contributed by atoms with Gasteiger partial charge in [0.2, 0.25) is 5.89 Å². The summed E-state index contributed by atoms with van der Waals surface area (Å²) in [5, 5.41) is 12.6. The second kappa shape index (κ2) is 4.85. The molecule has 1 aliphatic carbocycles. The topological polar surface area (TPSA) is 76.2 Å². The first-order valence-electron chi connectivity index (χ1n) is 6.15. The minimum absolute atomic E-state index is 0.0171. The average Bonchev–Trinajstić information content (AvgIpc) is 2.76. The molecule has 5 heteroatoms. The van der Waals surface area contributed by atoms with E-state index < -0.39 is 5.97 Å². The van der Waals surface area contributed by atoms with Gasteiger partial charge in [-0.3, -0.25) is 4.79 Å². The second-order valence-corrected chi connectivity index (χ2v) is 5.03. The molecule has 0 aromatic carbocycles. The van der Waals surface area contributed by atoms with Crippen molar-refractivity contribution in [3.8, 4) is 0 Å². The third kappa shape index (κ3) is 2.84. The molecule has 2 rings (SSSR count). The average molecular weight is 238 g/mol. The van der Waals surface area contributed by atoms with Gasteiger partial charge >= 0.3 is 5.97 Å². The molecule has 5 nitrogen and oxygen atoms in total. The van der Waals surface area contributed by atoms with Crippen molar-refractivity contribution >= 4 is 5.97 Å². The number of carboxylic acid groups (broad SMARTS) is 1. The Balaban J connectivity index is 2.03. The molecule has 1 aromatic heterocycles. The second-order valence-electron chi connectivity index (χ2n) is 5.03. The van der Waals surface area contributed by atoms with E-state index in [1.54, 1.807) is 0 Å². The molecule has 0 spiro atoms. The summed E-state index contributed by atoms with van der Waals surface area (Å²) in [6.07, 6.45) is 6.22. The highest BCUT2D eigenvalue weighted by Gasteiger charge is 2.33. The molecule has 1 fully saturated rings. The quantitative estimate of drug-likeness (QED) is 0.871. The minimum atomic E-state index is -0.839. The van der Waals surface area contributed by atoms with E-state index in [1.807, 2.05) is 0 Å². The molecule has 1 aromatic rings. The highest BCUT2D eigenvalue weighted by Crippen LogP contribution is 2.37.